The number of benzene rings is 4. The lowest BCUT2D eigenvalue weighted by molar-refractivity contribution is -0.384. The van der Waals surface area contributed by atoms with E-state index >= 15 is 0 Å². The van der Waals surface area contributed by atoms with E-state index in [0.29, 0.717) is 119 Å². The summed E-state index contributed by atoms with van der Waals surface area (Å²) in [4.78, 5) is 79.9. The number of fused-ring (bicyclic) bond motifs is 1. The van der Waals surface area contributed by atoms with E-state index in [0.717, 1.165) is 126 Å². The van der Waals surface area contributed by atoms with Crippen LogP contribution in [0.15, 0.2) is 128 Å². The van der Waals surface area contributed by atoms with Gasteiger partial charge in [-0.2, -0.15) is 19.9 Å². The second-order valence-electron chi connectivity index (χ2n) is 29.3. The van der Waals surface area contributed by atoms with Crippen molar-refractivity contribution < 1.29 is 32.9 Å². The van der Waals surface area contributed by atoms with Crippen molar-refractivity contribution in [2.75, 3.05) is 94.9 Å². The van der Waals surface area contributed by atoms with E-state index in [1.54, 1.807) is 36.4 Å². The maximum Gasteiger partial charge on any atom is 0.329 e. The fraction of sp³-hybridized carbons (Fsp3) is 0.462. The number of hydrogen-bond donors (Lipinski definition) is 13. The fourth-order valence-electron chi connectivity index (χ4n) is 14.1. The summed E-state index contributed by atoms with van der Waals surface area (Å²) in [5, 5.41) is 71.2. The van der Waals surface area contributed by atoms with Crippen molar-refractivity contribution in [2.24, 2.45) is 46.6 Å². The summed E-state index contributed by atoms with van der Waals surface area (Å²) < 4.78 is 39.8. The van der Waals surface area contributed by atoms with Crippen LogP contribution in [0.5, 0.6) is 0 Å². The molecule has 114 heavy (non-hydrogen) atoms. The highest BCUT2D eigenvalue weighted by Gasteiger charge is 2.27. The molecule has 0 aliphatic heterocycles. The van der Waals surface area contributed by atoms with Crippen molar-refractivity contribution in [2.45, 2.75) is 153 Å². The summed E-state index contributed by atoms with van der Waals surface area (Å²) in [6.07, 6.45) is 25.3. The summed E-state index contributed by atoms with van der Waals surface area (Å²) >= 11 is 0. The summed E-state index contributed by atoms with van der Waals surface area (Å²) in [6.45, 7) is 4.56. The maximum absolute atomic E-state index is 13.7. The van der Waals surface area contributed by atoms with Gasteiger partial charge in [0.25, 0.3) is 0 Å². The number of rotatable bonds is 32. The Balaban J connectivity index is 0.000000161. The molecule has 4 aliphatic carbocycles. The van der Waals surface area contributed by atoms with E-state index in [2.05, 4.69) is 93.5 Å². The first-order valence-corrected chi connectivity index (χ1v) is 38.9. The lowest BCUT2D eigenvalue weighted by atomic mass is 9.86. The van der Waals surface area contributed by atoms with Gasteiger partial charge in [0, 0.05) is 93.6 Å². The number of nitrogens with one attached hydrogen (secondary N) is 9. The van der Waals surface area contributed by atoms with Gasteiger partial charge in [0.15, 0.2) is 0 Å². The number of H-pyrrole nitrogens is 1. The minimum absolute atomic E-state index is 0.107. The van der Waals surface area contributed by atoms with E-state index in [1.807, 2.05) is 30.5 Å². The Labute approximate surface area is 657 Å². The smallest absolute Gasteiger partial charge is 0.329 e. The summed E-state index contributed by atoms with van der Waals surface area (Å²) in [5.74, 6) is 3.10. The standard InChI is InChI=1S/C21H27N7O2.3C19H25FN6O2/c22-16-7-5-14(6-8-16)11-25-20-19(28(29)30)13-26-21(27-20)23-10-9-15-12-24-18-4-2-1-3-17(15)18;20-15-5-1-13(2-6-15)9-10-22-19-24-12-17(26(27)28)18(25-19)23-11-14-3-7-16(21)8-4-14;20-15-3-1-2-13(10-15)8-9-22-19-24-12-17(26(27)28)18(25-19)23-11-14-4-6-16(21)7-5-14;20-16-4-2-1-3-14(16)9-10-22-19-24-12-17(26(27)28)18(25-19)23-11-13-5-7-15(21)8-6-13/h1-4,12-14,16,24H,5-11,22H2,(H2,23,25,26,27);1-2,5-6,12,14,16H,3-4,7-11,21H2,(H2,22,23,24,25);1-3,10,12,14,16H,4-9,11,21H2,(H2,22,23,24,25);1-4,12-13,15H,5-11,21H2,(H2,22,23,24,25). The Kier molecular flexibility index (Phi) is 32.3. The van der Waals surface area contributed by atoms with Crippen LogP contribution in [0.3, 0.4) is 0 Å². The second kappa shape index (κ2) is 43.4. The summed E-state index contributed by atoms with van der Waals surface area (Å²) in [5.41, 5.74) is 27.9. The number of hydrogen-bond acceptors (Lipinski definition) is 28. The summed E-state index contributed by atoms with van der Waals surface area (Å²) in [6, 6.07) is 28.4. The van der Waals surface area contributed by atoms with Crippen LogP contribution in [-0.4, -0.2) is 141 Å². The minimum atomic E-state index is -0.498. The molecule has 4 saturated carbocycles. The third-order valence-electron chi connectivity index (χ3n) is 20.8. The third kappa shape index (κ3) is 27.1. The molecule has 0 spiro atoms. The Morgan fingerprint density at radius 3 is 1.08 bits per heavy atom. The van der Waals surface area contributed by atoms with Crippen LogP contribution in [0.25, 0.3) is 10.9 Å². The van der Waals surface area contributed by atoms with Gasteiger partial charge in [0.2, 0.25) is 47.1 Å². The van der Waals surface area contributed by atoms with Crippen molar-refractivity contribution in [3.63, 3.8) is 0 Å². The molecule has 17 N–H and O–H groups in total. The van der Waals surface area contributed by atoms with E-state index < -0.39 is 19.7 Å². The van der Waals surface area contributed by atoms with Gasteiger partial charge in [-0.05, 0) is 211 Å². The number of anilines is 8. The predicted octanol–water partition coefficient (Wildman–Crippen LogP) is 12.8. The lowest BCUT2D eigenvalue weighted by Crippen LogP contribution is -2.29. The first-order chi connectivity index (χ1) is 55.1. The molecular formula is C78H102F3N25O8. The highest BCUT2D eigenvalue weighted by Crippen LogP contribution is 2.32. The molecule has 5 aromatic heterocycles. The Morgan fingerprint density at radius 1 is 0.368 bits per heavy atom. The third-order valence-corrected chi connectivity index (χ3v) is 20.8. The van der Waals surface area contributed by atoms with Crippen LogP contribution in [0.2, 0.25) is 0 Å². The molecule has 4 fully saturated rings. The number of halogens is 3. The molecule has 0 bridgehead atoms. The highest BCUT2D eigenvalue weighted by atomic mass is 19.1. The molecular weight excluding hydrogens is 1470 g/mol. The van der Waals surface area contributed by atoms with Crippen molar-refractivity contribution in [3.8, 4) is 0 Å². The van der Waals surface area contributed by atoms with Gasteiger partial charge in [0.1, 0.15) is 42.2 Å². The van der Waals surface area contributed by atoms with E-state index in [9.17, 15) is 53.6 Å². The Morgan fingerprint density at radius 2 is 0.711 bits per heavy atom. The molecule has 9 aromatic rings. The van der Waals surface area contributed by atoms with Gasteiger partial charge in [-0.25, -0.2) is 33.1 Å². The molecule has 0 atom stereocenters. The normalized spacial score (nSPS) is 19.1. The quantitative estimate of drug-likeness (QED) is 0.0138. The molecule has 0 amide bonds. The molecule has 0 radical (unpaired) electrons. The van der Waals surface area contributed by atoms with E-state index in [1.165, 1.54) is 66.1 Å². The molecule has 4 aliphatic rings. The number of aromatic nitrogens is 9. The predicted molar refractivity (Wildman–Crippen MR) is 435 cm³/mol. The number of nitrogens with two attached hydrogens (primary N) is 4. The first kappa shape index (κ1) is 84.8. The maximum atomic E-state index is 13.7. The fourth-order valence-corrected chi connectivity index (χ4v) is 14.1. The average molecular weight is 1570 g/mol. The van der Waals surface area contributed by atoms with Gasteiger partial charge >= 0.3 is 22.7 Å². The first-order valence-electron chi connectivity index (χ1n) is 38.9. The number of nitro groups is 4. The number of nitrogens with zero attached hydrogens (tertiary/aromatic N) is 12. The average Bonchev–Trinajstić information content (AvgIpc) is 1.52. The van der Waals surface area contributed by atoms with Gasteiger partial charge in [0.05, 0.1) is 19.7 Å². The van der Waals surface area contributed by atoms with Crippen LogP contribution in [0, 0.1) is 81.6 Å². The second-order valence-corrected chi connectivity index (χ2v) is 29.3. The van der Waals surface area contributed by atoms with Crippen LogP contribution >= 0.6 is 0 Å². The molecule has 33 nitrogen and oxygen atoms in total. The van der Waals surface area contributed by atoms with Gasteiger partial charge in [-0.1, -0.05) is 60.7 Å². The van der Waals surface area contributed by atoms with Crippen LogP contribution in [0.1, 0.15) is 125 Å². The van der Waals surface area contributed by atoms with Crippen LogP contribution < -0.4 is 65.5 Å². The van der Waals surface area contributed by atoms with E-state index in [4.69, 9.17) is 22.9 Å². The zero-order chi connectivity index (χ0) is 80.7. The van der Waals surface area contributed by atoms with Crippen LogP contribution in [0.4, 0.5) is 83.0 Å². The van der Waals surface area contributed by atoms with Crippen molar-refractivity contribution >= 4 is 80.7 Å². The molecule has 608 valence electrons. The molecule has 0 saturated heterocycles. The van der Waals surface area contributed by atoms with Gasteiger partial charge in [-0.3, -0.25) is 40.5 Å². The van der Waals surface area contributed by atoms with Crippen LogP contribution in [-0.2, 0) is 25.7 Å². The largest absolute Gasteiger partial charge is 0.364 e. The lowest BCUT2D eigenvalue weighted by Gasteiger charge is -2.26. The number of para-hydroxylation sites is 1. The Hall–Kier alpha value is -11.6. The highest BCUT2D eigenvalue weighted by molar-refractivity contribution is 5.83. The molecule has 4 aromatic carbocycles. The Bertz CT molecular complexity index is 4560. The van der Waals surface area contributed by atoms with Gasteiger partial charge in [-0.15, -0.1) is 0 Å². The summed E-state index contributed by atoms with van der Waals surface area (Å²) in [7, 11) is 0. The van der Waals surface area contributed by atoms with Crippen molar-refractivity contribution in [1.82, 2.24) is 44.9 Å². The molecule has 5 heterocycles. The topological polar surface area (TPSA) is 492 Å². The number of aromatic amines is 1. The van der Waals surface area contributed by atoms with Crippen molar-refractivity contribution in [3.05, 3.63) is 208 Å². The molecule has 0 unspecified atom stereocenters. The van der Waals surface area contributed by atoms with Gasteiger partial charge < -0.3 is 70.5 Å². The van der Waals surface area contributed by atoms with E-state index in [-0.39, 0.29) is 93.6 Å². The zero-order valence-corrected chi connectivity index (χ0v) is 63.6. The molecule has 13 rings (SSSR count). The molecule has 36 heteroatoms. The zero-order valence-electron chi connectivity index (χ0n) is 63.6. The van der Waals surface area contributed by atoms with Crippen molar-refractivity contribution in [1.29, 1.82) is 0 Å². The SMILES string of the molecule is NC1CCC(CNc2nc(NCCc3c[nH]c4ccccc34)ncc2[N+](=O)[O-])CC1.NC1CCC(CNc2nc(NCCc3ccc(F)cc3)ncc2[N+](=O)[O-])CC1.NC1CCC(CNc2nc(NCCc3cccc(F)c3)ncc2[N+](=O)[O-])CC1.NC1CCC(CNc2nc(NCCc3ccccc3F)ncc2[N+](=O)[O-])CC1. The minimum Gasteiger partial charge on any atom is -0.364 e. The monoisotopic (exact) mass is 1570 g/mol.